The van der Waals surface area contributed by atoms with Gasteiger partial charge in [0.15, 0.2) is 12.2 Å². The van der Waals surface area contributed by atoms with E-state index in [0.717, 1.165) is 108 Å². The van der Waals surface area contributed by atoms with Crippen LogP contribution in [0, 0.1) is 23.7 Å². The number of aliphatic hydroxyl groups excluding tert-OH is 1. The Balaban J connectivity index is 5.22. The third-order valence-electron chi connectivity index (χ3n) is 16.8. The molecule has 0 fully saturated rings. The number of carbonyl (C=O) groups excluding carboxylic acids is 4. The second kappa shape index (κ2) is 62.6. The Kier molecular flexibility index (Phi) is 61.3. The van der Waals surface area contributed by atoms with Gasteiger partial charge in [0, 0.05) is 25.7 Å². The fraction of sp³-hybridized carbons (Fsp3) is 0.945. The molecule has 0 radical (unpaired) electrons. The van der Waals surface area contributed by atoms with E-state index in [1.165, 1.54) is 161 Å². The Labute approximate surface area is 562 Å². The van der Waals surface area contributed by atoms with E-state index in [4.69, 9.17) is 37.0 Å². The van der Waals surface area contributed by atoms with Crippen LogP contribution in [0.15, 0.2) is 0 Å². The van der Waals surface area contributed by atoms with Gasteiger partial charge < -0.3 is 33.8 Å². The number of esters is 4. The van der Waals surface area contributed by atoms with Crippen molar-refractivity contribution in [1.29, 1.82) is 0 Å². The minimum atomic E-state index is -4.96. The van der Waals surface area contributed by atoms with Gasteiger partial charge in [0.1, 0.15) is 19.3 Å². The highest BCUT2D eigenvalue weighted by Gasteiger charge is 2.30. The van der Waals surface area contributed by atoms with Gasteiger partial charge >= 0.3 is 39.5 Å². The highest BCUT2D eigenvalue weighted by Crippen LogP contribution is 2.45. The molecule has 0 aromatic heterocycles. The zero-order valence-electron chi connectivity index (χ0n) is 60.2. The molecule has 0 spiro atoms. The summed E-state index contributed by atoms with van der Waals surface area (Å²) in [5.74, 6) is 0.829. The summed E-state index contributed by atoms with van der Waals surface area (Å²) in [6.07, 6.45) is 46.1. The average Bonchev–Trinajstić information content (AvgIpc) is 3.71. The van der Waals surface area contributed by atoms with Crippen molar-refractivity contribution in [2.24, 2.45) is 23.7 Å². The van der Waals surface area contributed by atoms with Crippen molar-refractivity contribution >= 4 is 39.5 Å². The highest BCUT2D eigenvalue weighted by atomic mass is 31.2. The molecule has 0 amide bonds. The summed E-state index contributed by atoms with van der Waals surface area (Å²) in [6.45, 7) is 14.1. The van der Waals surface area contributed by atoms with E-state index in [-0.39, 0.29) is 25.7 Å². The maximum absolute atomic E-state index is 13.1. The second-order valence-electron chi connectivity index (χ2n) is 28.2. The lowest BCUT2D eigenvalue weighted by Crippen LogP contribution is -2.30. The number of hydrogen-bond acceptors (Lipinski definition) is 15. The van der Waals surface area contributed by atoms with Crippen molar-refractivity contribution in [1.82, 2.24) is 0 Å². The number of carbonyl (C=O) groups is 4. The van der Waals surface area contributed by atoms with E-state index in [2.05, 4.69) is 55.4 Å². The molecule has 0 heterocycles. The van der Waals surface area contributed by atoms with Crippen molar-refractivity contribution in [2.45, 2.75) is 382 Å². The Morgan fingerprint density at radius 2 is 0.457 bits per heavy atom. The smallest absolute Gasteiger partial charge is 0.462 e. The lowest BCUT2D eigenvalue weighted by Gasteiger charge is -2.21. The van der Waals surface area contributed by atoms with Gasteiger partial charge in [-0.15, -0.1) is 0 Å². The van der Waals surface area contributed by atoms with Crippen LogP contribution in [0.25, 0.3) is 0 Å². The Morgan fingerprint density at radius 3 is 0.674 bits per heavy atom. The minimum absolute atomic E-state index is 0.101. The molecule has 0 aliphatic rings. The van der Waals surface area contributed by atoms with Crippen molar-refractivity contribution in [2.75, 3.05) is 39.6 Å². The van der Waals surface area contributed by atoms with E-state index in [0.29, 0.717) is 37.5 Å². The largest absolute Gasteiger partial charge is 0.472 e. The van der Waals surface area contributed by atoms with Gasteiger partial charge in [-0.2, -0.15) is 0 Å². The normalized spacial score (nSPS) is 14.2. The molecule has 17 nitrogen and oxygen atoms in total. The van der Waals surface area contributed by atoms with Crippen molar-refractivity contribution in [3.8, 4) is 0 Å². The molecule has 0 aliphatic carbocycles. The van der Waals surface area contributed by atoms with Gasteiger partial charge in [-0.25, -0.2) is 9.13 Å². The Bertz CT molecular complexity index is 1820. The molecule has 0 bridgehead atoms. The van der Waals surface area contributed by atoms with Crippen LogP contribution in [0.4, 0.5) is 0 Å². The zero-order chi connectivity index (χ0) is 68.2. The van der Waals surface area contributed by atoms with E-state index in [1.807, 2.05) is 0 Å². The fourth-order valence-electron chi connectivity index (χ4n) is 11.0. The van der Waals surface area contributed by atoms with Gasteiger partial charge in [-0.3, -0.25) is 37.3 Å². The van der Waals surface area contributed by atoms with Crippen molar-refractivity contribution < 1.29 is 80.2 Å². The molecule has 0 aliphatic heterocycles. The van der Waals surface area contributed by atoms with Crippen LogP contribution in [0.1, 0.15) is 364 Å². The third kappa shape index (κ3) is 66.7. The Morgan fingerprint density at radius 1 is 0.272 bits per heavy atom. The molecule has 546 valence electrons. The van der Waals surface area contributed by atoms with E-state index in [9.17, 15) is 43.2 Å². The number of hydrogen-bond donors (Lipinski definition) is 3. The predicted octanol–water partition coefficient (Wildman–Crippen LogP) is 20.9. The van der Waals surface area contributed by atoms with Crippen molar-refractivity contribution in [3.05, 3.63) is 0 Å². The van der Waals surface area contributed by atoms with Crippen LogP contribution in [0.2, 0.25) is 0 Å². The van der Waals surface area contributed by atoms with Crippen molar-refractivity contribution in [3.63, 3.8) is 0 Å². The molecule has 19 heteroatoms. The standard InChI is InChI=1S/C73H142O17P2/c1-63(2)49-41-33-25-20-16-12-10-9-11-13-19-23-29-39-47-55-72(77)89-68(59-83-70(75)53-45-37-28-22-18-15-14-17-21-26-34-42-50-64(3)4)61-87-91(79,80)85-57-67(74)58-86-92(81,82)88-62-69(90-73(78)56-48-40-32-31-36-44-52-66(7)8)60-84-71(76)54-46-38-30-24-27-35-43-51-65(5)6/h63-69,74H,9-62H2,1-8H3,(H,79,80)(H,81,82)/t67?,68-,69-/m1/s1. The van der Waals surface area contributed by atoms with Gasteiger partial charge in [0.2, 0.25) is 0 Å². The number of rotatable bonds is 70. The number of aliphatic hydroxyl groups is 1. The van der Waals surface area contributed by atoms with Gasteiger partial charge in [-0.1, -0.05) is 312 Å². The van der Waals surface area contributed by atoms with Gasteiger partial charge in [0.25, 0.3) is 0 Å². The molecule has 0 saturated heterocycles. The second-order valence-corrected chi connectivity index (χ2v) is 31.1. The van der Waals surface area contributed by atoms with Crippen LogP contribution in [0.5, 0.6) is 0 Å². The molecule has 0 saturated carbocycles. The monoisotopic (exact) mass is 1350 g/mol. The highest BCUT2D eigenvalue weighted by molar-refractivity contribution is 7.47. The summed E-state index contributed by atoms with van der Waals surface area (Å²) >= 11 is 0. The van der Waals surface area contributed by atoms with E-state index < -0.39 is 97.5 Å². The predicted molar refractivity (Wildman–Crippen MR) is 372 cm³/mol. The molecule has 0 rings (SSSR count). The first-order valence-corrected chi connectivity index (χ1v) is 40.7. The Hall–Kier alpha value is -1.94. The maximum atomic E-state index is 13.1. The van der Waals surface area contributed by atoms with Gasteiger partial charge in [0.05, 0.1) is 26.4 Å². The summed E-state index contributed by atoms with van der Waals surface area (Å²) in [6, 6.07) is 0. The lowest BCUT2D eigenvalue weighted by molar-refractivity contribution is -0.161. The number of phosphoric acid groups is 2. The van der Waals surface area contributed by atoms with Crippen LogP contribution in [0.3, 0.4) is 0 Å². The molecule has 3 N–H and O–H groups in total. The maximum Gasteiger partial charge on any atom is 0.472 e. The van der Waals surface area contributed by atoms with Gasteiger partial charge in [-0.05, 0) is 49.4 Å². The summed E-state index contributed by atoms with van der Waals surface area (Å²) in [5.41, 5.74) is 0. The first-order chi connectivity index (χ1) is 44.1. The quantitative estimate of drug-likeness (QED) is 0.0222. The SMILES string of the molecule is CC(C)CCCCCCCCCCCCCCCCCC(=O)O[C@H](COC(=O)CCCCCCCCCCCCCCC(C)C)COP(=O)(O)OCC(O)COP(=O)(O)OC[C@@H](COC(=O)CCCCCCCCCC(C)C)OC(=O)CCCCCCCCC(C)C. The van der Waals surface area contributed by atoms with Crippen LogP contribution in [-0.2, 0) is 65.4 Å². The van der Waals surface area contributed by atoms with Crippen LogP contribution in [-0.4, -0.2) is 96.7 Å². The minimum Gasteiger partial charge on any atom is -0.462 e. The summed E-state index contributed by atoms with van der Waals surface area (Å²) in [4.78, 5) is 72.6. The fourth-order valence-corrected chi connectivity index (χ4v) is 12.6. The zero-order valence-corrected chi connectivity index (χ0v) is 62.0. The van der Waals surface area contributed by atoms with Crippen LogP contribution < -0.4 is 0 Å². The van der Waals surface area contributed by atoms with E-state index >= 15 is 0 Å². The molecule has 0 aromatic carbocycles. The van der Waals surface area contributed by atoms with Crippen LogP contribution >= 0.6 is 15.6 Å². The molecular weight excluding hydrogens is 1210 g/mol. The average molecular weight is 1350 g/mol. The molecule has 3 unspecified atom stereocenters. The molecule has 92 heavy (non-hydrogen) atoms. The first kappa shape index (κ1) is 90.1. The van der Waals surface area contributed by atoms with E-state index in [1.54, 1.807) is 0 Å². The molecule has 5 atom stereocenters. The number of unbranched alkanes of at least 4 members (excludes halogenated alkanes) is 36. The first-order valence-electron chi connectivity index (χ1n) is 37.7. The lowest BCUT2D eigenvalue weighted by atomic mass is 10.0. The number of phosphoric ester groups is 2. The summed E-state index contributed by atoms with van der Waals surface area (Å²) < 4.78 is 68.3. The summed E-state index contributed by atoms with van der Waals surface area (Å²) in [5, 5.41) is 10.6. The number of ether oxygens (including phenoxy) is 4. The molecular formula is C73H142O17P2. The summed E-state index contributed by atoms with van der Waals surface area (Å²) in [7, 11) is -9.91. The third-order valence-corrected chi connectivity index (χ3v) is 18.7. The topological polar surface area (TPSA) is 237 Å². The molecule has 0 aromatic rings.